The molecule has 0 bridgehead atoms. The molecular weight excluding hydrogens is 313 g/mol. The molecule has 5 nitrogen and oxygen atoms in total. The molecule has 0 aromatic heterocycles. The second kappa shape index (κ2) is 6.79. The third kappa shape index (κ3) is 3.66. The highest BCUT2D eigenvalue weighted by Gasteiger charge is 2.24. The molecule has 110 valence electrons. The summed E-state index contributed by atoms with van der Waals surface area (Å²) in [5, 5.41) is 9.26. The number of nitrogens with zero attached hydrogens (tertiary/aromatic N) is 3. The molecule has 0 N–H and O–H groups in total. The van der Waals surface area contributed by atoms with Crippen molar-refractivity contribution in [3.8, 4) is 6.07 Å². The number of nitriles is 1. The number of carbonyl (C=O) groups is 2. The van der Waals surface area contributed by atoms with Crippen LogP contribution >= 0.6 is 23.2 Å². The van der Waals surface area contributed by atoms with Crippen molar-refractivity contribution >= 4 is 35.0 Å². The molecule has 0 unspecified atom stereocenters. The number of amides is 2. The van der Waals surface area contributed by atoms with Crippen molar-refractivity contribution in [2.24, 2.45) is 0 Å². The van der Waals surface area contributed by atoms with Gasteiger partial charge in [0.2, 0.25) is 5.91 Å². The zero-order valence-corrected chi connectivity index (χ0v) is 12.7. The average Bonchev–Trinajstić information content (AvgIpc) is 2.50. The molecule has 0 saturated carbocycles. The molecule has 2 rings (SSSR count). The zero-order valence-electron chi connectivity index (χ0n) is 11.2. The minimum atomic E-state index is -0.195. The van der Waals surface area contributed by atoms with Crippen LogP contribution in [0.2, 0.25) is 10.0 Å². The summed E-state index contributed by atoms with van der Waals surface area (Å²) >= 11 is 11.7. The molecule has 1 aromatic carbocycles. The van der Waals surface area contributed by atoms with Gasteiger partial charge in [-0.1, -0.05) is 23.2 Å². The lowest BCUT2D eigenvalue weighted by atomic mass is 10.1. The Morgan fingerprint density at radius 1 is 1.10 bits per heavy atom. The lowest BCUT2D eigenvalue weighted by Gasteiger charge is -2.34. The molecule has 0 aliphatic carbocycles. The predicted molar refractivity (Wildman–Crippen MR) is 79.2 cm³/mol. The maximum atomic E-state index is 12.3. The van der Waals surface area contributed by atoms with Crippen LogP contribution in [-0.4, -0.2) is 47.8 Å². The Morgan fingerprint density at radius 2 is 1.71 bits per heavy atom. The number of rotatable bonds is 2. The van der Waals surface area contributed by atoms with Gasteiger partial charge in [0.05, 0.1) is 16.1 Å². The smallest absolute Gasteiger partial charge is 0.254 e. The Bertz CT molecular complexity index is 605. The van der Waals surface area contributed by atoms with Crippen molar-refractivity contribution < 1.29 is 9.59 Å². The number of halogens is 2. The van der Waals surface area contributed by atoms with Crippen LogP contribution in [0.15, 0.2) is 18.2 Å². The van der Waals surface area contributed by atoms with Crippen LogP contribution in [-0.2, 0) is 4.79 Å². The van der Waals surface area contributed by atoms with E-state index in [4.69, 9.17) is 28.5 Å². The summed E-state index contributed by atoms with van der Waals surface area (Å²) in [6.45, 7) is 1.76. The Labute approximate surface area is 132 Å². The third-order valence-corrected chi connectivity index (χ3v) is 4.06. The van der Waals surface area contributed by atoms with Crippen LogP contribution in [0.4, 0.5) is 0 Å². The molecular formula is C14H13Cl2N3O2. The predicted octanol–water partition coefficient (Wildman–Crippen LogP) is 2.19. The third-order valence-electron chi connectivity index (χ3n) is 3.32. The summed E-state index contributed by atoms with van der Waals surface area (Å²) in [5.41, 5.74) is 0.473. The summed E-state index contributed by atoms with van der Waals surface area (Å²) in [7, 11) is 0. The lowest BCUT2D eigenvalue weighted by molar-refractivity contribution is -0.131. The van der Waals surface area contributed by atoms with Crippen molar-refractivity contribution in [3.63, 3.8) is 0 Å². The highest BCUT2D eigenvalue weighted by molar-refractivity contribution is 6.42. The summed E-state index contributed by atoms with van der Waals surface area (Å²) in [6.07, 6.45) is -0.124. The Balaban J connectivity index is 1.98. The molecule has 1 heterocycles. The summed E-state index contributed by atoms with van der Waals surface area (Å²) in [6, 6.07) is 6.59. The standard InChI is InChI=1S/C14H13Cl2N3O2/c15-11-2-1-10(9-12(11)16)14(21)19-7-5-18(6-8-19)13(20)3-4-17/h1-2,9H,3,5-8H2. The molecule has 1 aliphatic heterocycles. The van der Waals surface area contributed by atoms with E-state index in [9.17, 15) is 9.59 Å². The van der Waals surface area contributed by atoms with Crippen molar-refractivity contribution in [1.82, 2.24) is 9.80 Å². The number of hydrogen-bond acceptors (Lipinski definition) is 3. The van der Waals surface area contributed by atoms with Gasteiger partial charge < -0.3 is 9.80 Å². The maximum absolute atomic E-state index is 12.3. The van der Waals surface area contributed by atoms with Crippen molar-refractivity contribution in [1.29, 1.82) is 5.26 Å². The monoisotopic (exact) mass is 325 g/mol. The first-order valence-electron chi connectivity index (χ1n) is 6.42. The summed E-state index contributed by atoms with van der Waals surface area (Å²) < 4.78 is 0. The molecule has 1 aliphatic rings. The zero-order chi connectivity index (χ0) is 15.4. The maximum Gasteiger partial charge on any atom is 0.254 e. The highest BCUT2D eigenvalue weighted by Crippen LogP contribution is 2.23. The topological polar surface area (TPSA) is 64.4 Å². The van der Waals surface area contributed by atoms with Crippen LogP contribution in [0.1, 0.15) is 16.8 Å². The molecule has 2 amide bonds. The number of piperazine rings is 1. The Morgan fingerprint density at radius 3 is 2.29 bits per heavy atom. The fourth-order valence-electron chi connectivity index (χ4n) is 2.15. The van der Waals surface area contributed by atoms with Crippen molar-refractivity contribution in [2.75, 3.05) is 26.2 Å². The largest absolute Gasteiger partial charge is 0.338 e. The normalized spacial score (nSPS) is 14.7. The van der Waals surface area contributed by atoms with Gasteiger partial charge >= 0.3 is 0 Å². The highest BCUT2D eigenvalue weighted by atomic mass is 35.5. The van der Waals surface area contributed by atoms with Gasteiger partial charge in [-0.3, -0.25) is 9.59 Å². The van der Waals surface area contributed by atoms with E-state index in [1.807, 2.05) is 6.07 Å². The van der Waals surface area contributed by atoms with Crippen molar-refractivity contribution in [2.45, 2.75) is 6.42 Å². The lowest BCUT2D eigenvalue weighted by Crippen LogP contribution is -2.50. The minimum Gasteiger partial charge on any atom is -0.338 e. The summed E-state index contributed by atoms with van der Waals surface area (Å²) in [5.74, 6) is -0.333. The quantitative estimate of drug-likeness (QED) is 0.837. The van der Waals surface area contributed by atoms with Crippen LogP contribution in [0, 0.1) is 11.3 Å². The second-order valence-electron chi connectivity index (χ2n) is 4.64. The number of carbonyl (C=O) groups excluding carboxylic acids is 2. The molecule has 21 heavy (non-hydrogen) atoms. The molecule has 1 saturated heterocycles. The van der Waals surface area contributed by atoms with Crippen LogP contribution < -0.4 is 0 Å². The minimum absolute atomic E-state index is 0.124. The van der Waals surface area contributed by atoms with Crippen molar-refractivity contribution in [3.05, 3.63) is 33.8 Å². The van der Waals surface area contributed by atoms with E-state index < -0.39 is 0 Å². The first-order valence-corrected chi connectivity index (χ1v) is 7.17. The van der Waals surface area contributed by atoms with Gasteiger partial charge in [-0.15, -0.1) is 0 Å². The molecule has 7 heteroatoms. The molecule has 1 aromatic rings. The average molecular weight is 326 g/mol. The van der Waals surface area contributed by atoms with Crippen LogP contribution in [0.3, 0.4) is 0 Å². The van der Waals surface area contributed by atoms with E-state index in [0.29, 0.717) is 41.8 Å². The van der Waals surface area contributed by atoms with E-state index in [1.54, 1.807) is 28.0 Å². The van der Waals surface area contributed by atoms with E-state index >= 15 is 0 Å². The van der Waals surface area contributed by atoms with Gasteiger partial charge in [0.15, 0.2) is 0 Å². The SMILES string of the molecule is N#CCC(=O)N1CCN(C(=O)c2ccc(Cl)c(Cl)c2)CC1. The Kier molecular flexibility index (Phi) is 5.05. The van der Waals surface area contributed by atoms with Gasteiger partial charge in [0.1, 0.15) is 6.42 Å². The molecule has 0 atom stereocenters. The molecule has 1 fully saturated rings. The first-order chi connectivity index (χ1) is 10.0. The number of hydrogen-bond donors (Lipinski definition) is 0. The van der Waals surface area contributed by atoms with Crippen LogP contribution in [0.25, 0.3) is 0 Å². The van der Waals surface area contributed by atoms with E-state index in [1.165, 1.54) is 0 Å². The summed E-state index contributed by atoms with van der Waals surface area (Å²) in [4.78, 5) is 27.2. The molecule has 0 radical (unpaired) electrons. The van der Waals surface area contributed by atoms with Gasteiger partial charge in [-0.25, -0.2) is 0 Å². The first kappa shape index (κ1) is 15.6. The number of benzene rings is 1. The van der Waals surface area contributed by atoms with Gasteiger partial charge in [-0.05, 0) is 18.2 Å². The molecule has 0 spiro atoms. The Hall–Kier alpha value is -1.77. The fraction of sp³-hybridized carbons (Fsp3) is 0.357. The van der Waals surface area contributed by atoms with E-state index in [0.717, 1.165) is 0 Å². The van der Waals surface area contributed by atoms with Gasteiger partial charge in [0.25, 0.3) is 5.91 Å². The van der Waals surface area contributed by atoms with E-state index in [-0.39, 0.29) is 18.2 Å². The van der Waals surface area contributed by atoms with E-state index in [2.05, 4.69) is 0 Å². The van der Waals surface area contributed by atoms with Gasteiger partial charge in [0, 0.05) is 31.7 Å². The second-order valence-corrected chi connectivity index (χ2v) is 5.45. The van der Waals surface area contributed by atoms with Gasteiger partial charge in [-0.2, -0.15) is 5.26 Å². The van der Waals surface area contributed by atoms with Crippen LogP contribution in [0.5, 0.6) is 0 Å². The fourth-order valence-corrected chi connectivity index (χ4v) is 2.45.